The highest BCUT2D eigenvalue weighted by Gasteiger charge is 2.15. The van der Waals surface area contributed by atoms with Crippen LogP contribution in [0.5, 0.6) is 0 Å². The van der Waals surface area contributed by atoms with Crippen LogP contribution in [-0.4, -0.2) is 34.3 Å². The van der Waals surface area contributed by atoms with E-state index in [1.54, 1.807) is 0 Å². The average Bonchev–Trinajstić information content (AvgIpc) is 2.04. The fraction of sp³-hybridized carbons (Fsp3) is 1.00. The molecule has 1 saturated heterocycles. The van der Waals surface area contributed by atoms with Crippen molar-refractivity contribution in [3.63, 3.8) is 0 Å². The normalized spacial score (nSPS) is 20.4. The molecular formula is C8H19N2O2S+. The van der Waals surface area contributed by atoms with Crippen LogP contribution in [0.25, 0.3) is 0 Å². The number of hydrogen-bond donors (Lipinski definition) is 2. The predicted molar refractivity (Wildman–Crippen MR) is 51.8 cm³/mol. The molecule has 4 nitrogen and oxygen atoms in total. The molecule has 78 valence electrons. The standard InChI is InChI=1S/C8H18N2O2S/c1-13(11,12)10-7-4-8-2-5-9-6-3-8/h8-10H,2-7H2,1H3/p+1. The summed E-state index contributed by atoms with van der Waals surface area (Å²) in [6.07, 6.45) is 4.65. The highest BCUT2D eigenvalue weighted by molar-refractivity contribution is 7.88. The number of nitrogens with two attached hydrogens (primary N) is 1. The number of nitrogens with one attached hydrogen (secondary N) is 1. The minimum atomic E-state index is -2.98. The molecule has 1 aliphatic rings. The lowest BCUT2D eigenvalue weighted by Crippen LogP contribution is -2.86. The van der Waals surface area contributed by atoms with Crippen molar-refractivity contribution in [3.05, 3.63) is 0 Å². The molecule has 0 unspecified atom stereocenters. The second-order valence-electron chi connectivity index (χ2n) is 3.76. The summed E-state index contributed by atoms with van der Waals surface area (Å²) in [7, 11) is -2.98. The third-order valence-electron chi connectivity index (χ3n) is 2.47. The number of rotatable bonds is 4. The largest absolute Gasteiger partial charge is 0.346 e. The van der Waals surface area contributed by atoms with E-state index in [2.05, 4.69) is 10.0 Å². The Morgan fingerprint density at radius 2 is 2.00 bits per heavy atom. The average molecular weight is 207 g/mol. The van der Waals surface area contributed by atoms with E-state index in [1.165, 1.54) is 32.2 Å². The molecule has 13 heavy (non-hydrogen) atoms. The van der Waals surface area contributed by atoms with Gasteiger partial charge in [0.05, 0.1) is 19.3 Å². The van der Waals surface area contributed by atoms with Gasteiger partial charge < -0.3 is 5.32 Å². The lowest BCUT2D eigenvalue weighted by Gasteiger charge is -2.19. The van der Waals surface area contributed by atoms with Gasteiger partial charge in [0, 0.05) is 6.54 Å². The first-order chi connectivity index (χ1) is 6.08. The summed E-state index contributed by atoms with van der Waals surface area (Å²) >= 11 is 0. The number of sulfonamides is 1. The lowest BCUT2D eigenvalue weighted by molar-refractivity contribution is -0.664. The summed E-state index contributed by atoms with van der Waals surface area (Å²) in [6.45, 7) is 3.00. The van der Waals surface area contributed by atoms with Crippen LogP contribution in [0.4, 0.5) is 0 Å². The Balaban J connectivity index is 2.11. The minimum Gasteiger partial charge on any atom is -0.346 e. The fourth-order valence-electron chi connectivity index (χ4n) is 1.73. The van der Waals surface area contributed by atoms with E-state index < -0.39 is 10.0 Å². The van der Waals surface area contributed by atoms with Crippen LogP contribution in [0, 0.1) is 5.92 Å². The van der Waals surface area contributed by atoms with E-state index in [1.807, 2.05) is 0 Å². The fourth-order valence-corrected chi connectivity index (χ4v) is 2.22. The van der Waals surface area contributed by atoms with E-state index in [-0.39, 0.29) is 0 Å². The maximum atomic E-state index is 10.8. The van der Waals surface area contributed by atoms with Crippen molar-refractivity contribution in [2.45, 2.75) is 19.3 Å². The second-order valence-corrected chi connectivity index (χ2v) is 5.60. The van der Waals surface area contributed by atoms with Crippen molar-refractivity contribution < 1.29 is 13.7 Å². The Hall–Kier alpha value is -0.130. The van der Waals surface area contributed by atoms with Crippen molar-refractivity contribution >= 4 is 10.0 Å². The highest BCUT2D eigenvalue weighted by atomic mass is 32.2. The maximum absolute atomic E-state index is 10.8. The van der Waals surface area contributed by atoms with E-state index in [9.17, 15) is 8.42 Å². The molecule has 0 saturated carbocycles. The summed E-state index contributed by atoms with van der Waals surface area (Å²) in [6, 6.07) is 0. The van der Waals surface area contributed by atoms with Crippen LogP contribution in [-0.2, 0) is 10.0 Å². The van der Waals surface area contributed by atoms with Crippen molar-refractivity contribution in [1.29, 1.82) is 0 Å². The van der Waals surface area contributed by atoms with Crippen LogP contribution in [0.3, 0.4) is 0 Å². The number of quaternary nitrogens is 1. The third-order valence-corrected chi connectivity index (χ3v) is 3.20. The van der Waals surface area contributed by atoms with Gasteiger partial charge in [0.15, 0.2) is 0 Å². The first-order valence-corrected chi connectivity index (χ1v) is 6.73. The van der Waals surface area contributed by atoms with Crippen molar-refractivity contribution in [2.24, 2.45) is 5.92 Å². The van der Waals surface area contributed by atoms with Gasteiger partial charge in [-0.25, -0.2) is 13.1 Å². The Bertz CT molecular complexity index is 233. The second kappa shape index (κ2) is 4.93. The summed E-state index contributed by atoms with van der Waals surface area (Å²) in [5, 5.41) is 2.32. The summed E-state index contributed by atoms with van der Waals surface area (Å²) < 4.78 is 24.0. The number of hydrogen-bond acceptors (Lipinski definition) is 2. The van der Waals surface area contributed by atoms with Gasteiger partial charge >= 0.3 is 0 Å². The molecule has 0 atom stereocenters. The Morgan fingerprint density at radius 1 is 1.38 bits per heavy atom. The molecule has 3 N–H and O–H groups in total. The van der Waals surface area contributed by atoms with Crippen molar-refractivity contribution in [1.82, 2.24) is 4.72 Å². The van der Waals surface area contributed by atoms with E-state index in [0.717, 1.165) is 12.3 Å². The van der Waals surface area contributed by atoms with Crippen LogP contribution >= 0.6 is 0 Å². The summed E-state index contributed by atoms with van der Waals surface area (Å²) in [5.74, 6) is 0.722. The van der Waals surface area contributed by atoms with E-state index >= 15 is 0 Å². The molecule has 1 rings (SSSR count). The summed E-state index contributed by atoms with van der Waals surface area (Å²) in [5.41, 5.74) is 0. The molecule has 0 aromatic carbocycles. The van der Waals surface area contributed by atoms with Gasteiger partial charge in [-0.1, -0.05) is 0 Å². The first kappa shape index (κ1) is 10.9. The molecule has 0 aromatic rings. The molecule has 0 radical (unpaired) electrons. The van der Waals surface area contributed by atoms with Crippen molar-refractivity contribution in [3.8, 4) is 0 Å². The Labute approximate surface area is 80.1 Å². The van der Waals surface area contributed by atoms with E-state index in [0.29, 0.717) is 6.54 Å². The maximum Gasteiger partial charge on any atom is 0.208 e. The molecule has 0 aliphatic carbocycles. The molecule has 0 bridgehead atoms. The monoisotopic (exact) mass is 207 g/mol. The van der Waals surface area contributed by atoms with Gasteiger partial charge in [-0.2, -0.15) is 0 Å². The van der Waals surface area contributed by atoms with Gasteiger partial charge in [-0.3, -0.25) is 0 Å². The van der Waals surface area contributed by atoms with Gasteiger partial charge in [-0.05, 0) is 25.2 Å². The van der Waals surface area contributed by atoms with Crippen LogP contribution in [0.2, 0.25) is 0 Å². The van der Waals surface area contributed by atoms with Crippen LogP contribution in [0.15, 0.2) is 0 Å². The van der Waals surface area contributed by atoms with Gasteiger partial charge in [0.2, 0.25) is 10.0 Å². The SMILES string of the molecule is CS(=O)(=O)NCCC1CC[NH2+]CC1. The van der Waals surface area contributed by atoms with E-state index in [4.69, 9.17) is 0 Å². The first-order valence-electron chi connectivity index (χ1n) is 4.84. The zero-order chi connectivity index (χ0) is 9.73. The molecule has 1 aliphatic heterocycles. The summed E-state index contributed by atoms with van der Waals surface area (Å²) in [4.78, 5) is 0. The number of piperidine rings is 1. The molecule has 0 spiro atoms. The minimum absolute atomic E-state index is 0.601. The zero-order valence-corrected chi connectivity index (χ0v) is 8.94. The molecule has 0 amide bonds. The highest BCUT2D eigenvalue weighted by Crippen LogP contribution is 2.12. The topological polar surface area (TPSA) is 62.8 Å². The molecule has 1 heterocycles. The zero-order valence-electron chi connectivity index (χ0n) is 8.12. The van der Waals surface area contributed by atoms with Gasteiger partial charge in [0.1, 0.15) is 0 Å². The third kappa shape index (κ3) is 5.23. The quantitative estimate of drug-likeness (QED) is 0.614. The van der Waals surface area contributed by atoms with Gasteiger partial charge in [-0.15, -0.1) is 0 Å². The smallest absolute Gasteiger partial charge is 0.208 e. The van der Waals surface area contributed by atoms with Crippen LogP contribution in [0.1, 0.15) is 19.3 Å². The molecule has 1 fully saturated rings. The molecular weight excluding hydrogens is 188 g/mol. The molecule has 5 heteroatoms. The lowest BCUT2D eigenvalue weighted by atomic mass is 9.95. The Morgan fingerprint density at radius 3 is 2.54 bits per heavy atom. The molecule has 0 aromatic heterocycles. The van der Waals surface area contributed by atoms with Gasteiger partial charge in [0.25, 0.3) is 0 Å². The van der Waals surface area contributed by atoms with Crippen molar-refractivity contribution in [2.75, 3.05) is 25.9 Å². The Kier molecular flexibility index (Phi) is 4.15. The van der Waals surface area contributed by atoms with Crippen LogP contribution < -0.4 is 10.0 Å². The predicted octanol–water partition coefficient (Wildman–Crippen LogP) is -1.10.